The van der Waals surface area contributed by atoms with Gasteiger partial charge < -0.3 is 9.64 Å². The number of amides is 3. The number of nitrogens with zero attached hydrogens (tertiary/aromatic N) is 1. The second-order valence-electron chi connectivity index (χ2n) is 5.77. The fourth-order valence-electron chi connectivity index (χ4n) is 2.67. The maximum Gasteiger partial charge on any atom is 0.261 e. The van der Waals surface area contributed by atoms with Crippen LogP contribution in [-0.2, 0) is 14.4 Å². The molecule has 2 fully saturated rings. The average Bonchev–Trinajstić information content (AvgIpc) is 3.23. The molecule has 1 aromatic rings. The van der Waals surface area contributed by atoms with Crippen LogP contribution in [0.2, 0.25) is 0 Å². The predicted octanol–water partition coefficient (Wildman–Crippen LogP) is 0.780. The normalized spacial score (nSPS) is 20.7. The maximum absolute atomic E-state index is 12.4. The molecule has 1 unspecified atom stereocenters. The van der Waals surface area contributed by atoms with Gasteiger partial charge >= 0.3 is 0 Å². The molecule has 3 rings (SSSR count). The lowest BCUT2D eigenvalue weighted by molar-refractivity contribution is -0.141. The molecule has 1 aromatic carbocycles. The predicted molar refractivity (Wildman–Crippen MR) is 78.1 cm³/mol. The molecule has 1 aliphatic carbocycles. The summed E-state index contributed by atoms with van der Waals surface area (Å²) in [5.41, 5.74) is 1.05. The van der Waals surface area contributed by atoms with Gasteiger partial charge in [0.05, 0.1) is 6.42 Å². The molecule has 1 aliphatic heterocycles. The number of carbonyl (C=O) groups excluding carboxylic acids is 3. The molecule has 6 nitrogen and oxygen atoms in total. The molecule has 1 saturated heterocycles. The lowest BCUT2D eigenvalue weighted by Crippen LogP contribution is -2.47. The fraction of sp³-hybridized carbons (Fsp3) is 0.438. The molecule has 0 bridgehead atoms. The highest BCUT2D eigenvalue weighted by Crippen LogP contribution is 2.31. The molecule has 1 atom stereocenters. The average molecular weight is 302 g/mol. The lowest BCUT2D eigenvalue weighted by atomic mass is 10.2. The van der Waals surface area contributed by atoms with E-state index in [0.29, 0.717) is 5.75 Å². The van der Waals surface area contributed by atoms with E-state index in [1.54, 1.807) is 6.07 Å². The molecule has 0 radical (unpaired) electrons. The first-order valence-corrected chi connectivity index (χ1v) is 7.39. The Balaban J connectivity index is 1.66. The quantitative estimate of drug-likeness (QED) is 0.816. The zero-order valence-corrected chi connectivity index (χ0v) is 12.4. The first-order valence-electron chi connectivity index (χ1n) is 7.39. The van der Waals surface area contributed by atoms with Crippen LogP contribution in [0.1, 0.15) is 24.8 Å². The Morgan fingerprint density at radius 1 is 1.36 bits per heavy atom. The van der Waals surface area contributed by atoms with Gasteiger partial charge in [-0.1, -0.05) is 12.1 Å². The Hall–Kier alpha value is -2.37. The van der Waals surface area contributed by atoms with Crippen molar-refractivity contribution in [3.8, 4) is 5.75 Å². The van der Waals surface area contributed by atoms with Crippen LogP contribution >= 0.6 is 0 Å². The van der Waals surface area contributed by atoms with Gasteiger partial charge in [-0.3, -0.25) is 19.7 Å². The van der Waals surface area contributed by atoms with Crippen LogP contribution in [-0.4, -0.2) is 41.3 Å². The van der Waals surface area contributed by atoms with Gasteiger partial charge in [-0.05, 0) is 37.5 Å². The summed E-state index contributed by atoms with van der Waals surface area (Å²) in [5.74, 6) is -0.344. The number of carbonyl (C=O) groups is 3. The fourth-order valence-corrected chi connectivity index (χ4v) is 2.67. The molecule has 116 valence electrons. The maximum atomic E-state index is 12.4. The van der Waals surface area contributed by atoms with Crippen LogP contribution in [0.5, 0.6) is 5.75 Å². The van der Waals surface area contributed by atoms with Crippen molar-refractivity contribution in [3.63, 3.8) is 0 Å². The minimum absolute atomic E-state index is 0.0471. The highest BCUT2D eigenvalue weighted by molar-refractivity contribution is 6.07. The van der Waals surface area contributed by atoms with Gasteiger partial charge in [0.15, 0.2) is 6.61 Å². The topological polar surface area (TPSA) is 75.7 Å². The molecule has 1 heterocycles. The first-order chi connectivity index (χ1) is 10.5. The number of aryl methyl sites for hydroxylation is 1. The molecule has 22 heavy (non-hydrogen) atoms. The van der Waals surface area contributed by atoms with Gasteiger partial charge in [-0.15, -0.1) is 0 Å². The summed E-state index contributed by atoms with van der Waals surface area (Å²) in [6.07, 6.45) is 1.79. The Morgan fingerprint density at radius 3 is 2.73 bits per heavy atom. The molecular weight excluding hydrogens is 284 g/mol. The minimum atomic E-state index is -0.686. The van der Waals surface area contributed by atoms with Crippen LogP contribution in [0.25, 0.3) is 0 Å². The highest BCUT2D eigenvalue weighted by Gasteiger charge is 2.44. The van der Waals surface area contributed by atoms with Crippen molar-refractivity contribution in [1.82, 2.24) is 10.2 Å². The molecule has 1 N–H and O–H groups in total. The highest BCUT2D eigenvalue weighted by atomic mass is 16.5. The molecule has 6 heteroatoms. The number of ether oxygens (including phenoxy) is 1. The van der Waals surface area contributed by atoms with Crippen molar-refractivity contribution in [2.45, 2.75) is 38.3 Å². The molecule has 3 amide bonds. The summed E-state index contributed by atoms with van der Waals surface area (Å²) in [5, 5.41) is 2.25. The summed E-state index contributed by atoms with van der Waals surface area (Å²) in [7, 11) is 0. The van der Waals surface area contributed by atoms with E-state index in [1.165, 1.54) is 4.90 Å². The van der Waals surface area contributed by atoms with E-state index in [2.05, 4.69) is 5.32 Å². The smallest absolute Gasteiger partial charge is 0.261 e. The van der Waals surface area contributed by atoms with Crippen molar-refractivity contribution >= 4 is 17.7 Å². The van der Waals surface area contributed by atoms with Gasteiger partial charge in [0.25, 0.3) is 5.91 Å². The Labute approximate surface area is 128 Å². The standard InChI is InChI=1S/C16H18N2O4/c1-10-3-2-4-12(7-10)22-9-15(20)18(11-5-6-11)13-8-14(19)17-16(13)21/h2-4,7,11,13H,5-6,8-9H2,1H3,(H,17,19,21). The van der Waals surface area contributed by atoms with Crippen LogP contribution in [0.4, 0.5) is 0 Å². The third-order valence-electron chi connectivity index (χ3n) is 3.86. The molecular formula is C16H18N2O4. The van der Waals surface area contributed by atoms with Gasteiger partial charge in [0.2, 0.25) is 11.8 Å². The largest absolute Gasteiger partial charge is 0.484 e. The Kier molecular flexibility index (Phi) is 3.83. The molecule has 1 saturated carbocycles. The second-order valence-corrected chi connectivity index (χ2v) is 5.77. The van der Waals surface area contributed by atoms with E-state index < -0.39 is 6.04 Å². The summed E-state index contributed by atoms with van der Waals surface area (Å²) >= 11 is 0. The summed E-state index contributed by atoms with van der Waals surface area (Å²) in [6, 6.07) is 6.80. The number of hydrogen-bond donors (Lipinski definition) is 1. The van der Waals surface area contributed by atoms with E-state index in [-0.39, 0.29) is 36.8 Å². The second kappa shape index (κ2) is 5.79. The van der Waals surface area contributed by atoms with Gasteiger partial charge in [-0.25, -0.2) is 0 Å². The van der Waals surface area contributed by atoms with Crippen LogP contribution in [0, 0.1) is 6.92 Å². The van der Waals surface area contributed by atoms with E-state index in [1.807, 2.05) is 25.1 Å². The SMILES string of the molecule is Cc1cccc(OCC(=O)N(C2CC2)C2CC(=O)NC2=O)c1. The van der Waals surface area contributed by atoms with E-state index in [0.717, 1.165) is 18.4 Å². The van der Waals surface area contributed by atoms with Gasteiger partial charge in [-0.2, -0.15) is 0 Å². The number of imide groups is 1. The Morgan fingerprint density at radius 2 is 2.14 bits per heavy atom. The minimum Gasteiger partial charge on any atom is -0.484 e. The van der Waals surface area contributed by atoms with Crippen LogP contribution in [0.15, 0.2) is 24.3 Å². The van der Waals surface area contributed by atoms with Crippen molar-refractivity contribution in [1.29, 1.82) is 0 Å². The lowest BCUT2D eigenvalue weighted by Gasteiger charge is -2.26. The van der Waals surface area contributed by atoms with Crippen LogP contribution in [0.3, 0.4) is 0 Å². The van der Waals surface area contributed by atoms with Crippen molar-refractivity contribution < 1.29 is 19.1 Å². The molecule has 0 spiro atoms. The zero-order valence-electron chi connectivity index (χ0n) is 12.4. The van der Waals surface area contributed by atoms with E-state index in [9.17, 15) is 14.4 Å². The summed E-state index contributed by atoms with van der Waals surface area (Å²) in [4.78, 5) is 37.1. The summed E-state index contributed by atoms with van der Waals surface area (Å²) < 4.78 is 5.52. The van der Waals surface area contributed by atoms with Crippen molar-refractivity contribution in [2.24, 2.45) is 0 Å². The van der Waals surface area contributed by atoms with E-state index >= 15 is 0 Å². The zero-order chi connectivity index (χ0) is 15.7. The number of rotatable bonds is 5. The van der Waals surface area contributed by atoms with Crippen LogP contribution < -0.4 is 10.1 Å². The monoisotopic (exact) mass is 302 g/mol. The number of benzene rings is 1. The third kappa shape index (κ3) is 3.10. The molecule has 0 aromatic heterocycles. The Bertz CT molecular complexity index is 624. The first kappa shape index (κ1) is 14.6. The molecule has 2 aliphatic rings. The summed E-state index contributed by atoms with van der Waals surface area (Å²) in [6.45, 7) is 1.82. The van der Waals surface area contributed by atoms with Gasteiger partial charge in [0, 0.05) is 6.04 Å². The number of nitrogens with one attached hydrogen (secondary N) is 1. The van der Waals surface area contributed by atoms with E-state index in [4.69, 9.17) is 4.74 Å². The third-order valence-corrected chi connectivity index (χ3v) is 3.86. The van der Waals surface area contributed by atoms with Crippen molar-refractivity contribution in [2.75, 3.05) is 6.61 Å². The van der Waals surface area contributed by atoms with Gasteiger partial charge in [0.1, 0.15) is 11.8 Å². The van der Waals surface area contributed by atoms with Crippen molar-refractivity contribution in [3.05, 3.63) is 29.8 Å². The number of hydrogen-bond acceptors (Lipinski definition) is 4.